The SMILES string of the molecule is CC1(C)N[C@@H](C(C)(C)O)CO1. The van der Waals surface area contributed by atoms with Gasteiger partial charge >= 0.3 is 0 Å². The summed E-state index contributed by atoms with van der Waals surface area (Å²) in [6.07, 6.45) is 0. The third kappa shape index (κ3) is 2.15. The van der Waals surface area contributed by atoms with Crippen molar-refractivity contribution in [3.05, 3.63) is 0 Å². The van der Waals surface area contributed by atoms with Gasteiger partial charge in [-0.25, -0.2) is 0 Å². The summed E-state index contributed by atoms with van der Waals surface area (Å²) in [6, 6.07) is 0.0394. The molecule has 1 aliphatic rings. The van der Waals surface area contributed by atoms with Gasteiger partial charge in [-0.1, -0.05) is 0 Å². The molecule has 2 N–H and O–H groups in total. The molecule has 0 amide bonds. The largest absolute Gasteiger partial charge is 0.389 e. The van der Waals surface area contributed by atoms with Gasteiger partial charge in [-0.3, -0.25) is 5.32 Å². The van der Waals surface area contributed by atoms with E-state index in [-0.39, 0.29) is 11.8 Å². The highest BCUT2D eigenvalue weighted by molar-refractivity contribution is 4.91. The van der Waals surface area contributed by atoms with Crippen LogP contribution in [-0.4, -0.2) is 29.1 Å². The molecule has 1 saturated heterocycles. The molecule has 3 heteroatoms. The molecule has 3 nitrogen and oxygen atoms in total. The van der Waals surface area contributed by atoms with Crippen LogP contribution in [0.15, 0.2) is 0 Å². The first-order chi connectivity index (χ1) is 4.81. The van der Waals surface area contributed by atoms with Crippen molar-refractivity contribution in [2.75, 3.05) is 6.61 Å². The molecule has 0 spiro atoms. The highest BCUT2D eigenvalue weighted by atomic mass is 16.5. The second-order valence-corrected chi connectivity index (χ2v) is 4.17. The fraction of sp³-hybridized carbons (Fsp3) is 1.00. The maximum Gasteiger partial charge on any atom is 0.114 e. The first kappa shape index (κ1) is 8.97. The van der Waals surface area contributed by atoms with Crippen LogP contribution in [0, 0.1) is 0 Å². The molecule has 0 aromatic rings. The second kappa shape index (κ2) is 2.44. The van der Waals surface area contributed by atoms with Crippen molar-refractivity contribution in [1.82, 2.24) is 5.32 Å². The van der Waals surface area contributed by atoms with Gasteiger partial charge < -0.3 is 9.84 Å². The van der Waals surface area contributed by atoms with Gasteiger partial charge in [-0.15, -0.1) is 0 Å². The van der Waals surface area contributed by atoms with Crippen molar-refractivity contribution in [2.45, 2.75) is 45.1 Å². The molecule has 1 aliphatic heterocycles. The summed E-state index contributed by atoms with van der Waals surface area (Å²) in [7, 11) is 0. The molecule has 0 aromatic heterocycles. The average molecular weight is 159 g/mol. The number of hydrogen-bond donors (Lipinski definition) is 2. The van der Waals surface area contributed by atoms with E-state index in [2.05, 4.69) is 5.32 Å². The van der Waals surface area contributed by atoms with Crippen LogP contribution >= 0.6 is 0 Å². The normalized spacial score (nSPS) is 30.8. The number of aliphatic hydroxyl groups is 1. The highest BCUT2D eigenvalue weighted by Crippen LogP contribution is 2.21. The highest BCUT2D eigenvalue weighted by Gasteiger charge is 2.38. The van der Waals surface area contributed by atoms with Gasteiger partial charge in [0.1, 0.15) is 5.72 Å². The molecule has 1 fully saturated rings. The first-order valence-electron chi connectivity index (χ1n) is 3.95. The first-order valence-corrected chi connectivity index (χ1v) is 3.95. The van der Waals surface area contributed by atoms with Gasteiger partial charge in [0.15, 0.2) is 0 Å². The van der Waals surface area contributed by atoms with E-state index in [4.69, 9.17) is 4.74 Å². The smallest absolute Gasteiger partial charge is 0.114 e. The number of nitrogens with one attached hydrogen (secondary N) is 1. The van der Waals surface area contributed by atoms with Crippen molar-refractivity contribution >= 4 is 0 Å². The molecule has 1 rings (SSSR count). The zero-order chi connectivity index (χ0) is 8.70. The summed E-state index contributed by atoms with van der Waals surface area (Å²) in [5, 5.41) is 12.8. The summed E-state index contributed by atoms with van der Waals surface area (Å²) >= 11 is 0. The van der Waals surface area contributed by atoms with Crippen LogP contribution < -0.4 is 5.32 Å². The van der Waals surface area contributed by atoms with Gasteiger partial charge in [0.05, 0.1) is 18.2 Å². The number of hydrogen-bond acceptors (Lipinski definition) is 3. The summed E-state index contributed by atoms with van der Waals surface area (Å²) in [5.74, 6) is 0. The Bertz CT molecular complexity index is 149. The van der Waals surface area contributed by atoms with Crippen LogP contribution in [0.1, 0.15) is 27.7 Å². The van der Waals surface area contributed by atoms with Gasteiger partial charge in [-0.2, -0.15) is 0 Å². The van der Waals surface area contributed by atoms with E-state index in [1.165, 1.54) is 0 Å². The molecular formula is C8H17NO2. The lowest BCUT2D eigenvalue weighted by Crippen LogP contribution is -2.49. The van der Waals surface area contributed by atoms with E-state index in [1.807, 2.05) is 13.8 Å². The van der Waals surface area contributed by atoms with E-state index in [9.17, 15) is 5.11 Å². The Hall–Kier alpha value is -0.120. The lowest BCUT2D eigenvalue weighted by molar-refractivity contribution is 0.0197. The van der Waals surface area contributed by atoms with Crippen LogP contribution in [-0.2, 0) is 4.74 Å². The Morgan fingerprint density at radius 2 is 2.09 bits per heavy atom. The topological polar surface area (TPSA) is 41.5 Å². The molecule has 1 heterocycles. The van der Waals surface area contributed by atoms with Crippen molar-refractivity contribution in [3.8, 4) is 0 Å². The summed E-state index contributed by atoms with van der Waals surface area (Å²) in [5.41, 5.74) is -0.988. The van der Waals surface area contributed by atoms with E-state index in [1.54, 1.807) is 13.8 Å². The van der Waals surface area contributed by atoms with Crippen LogP contribution in [0.25, 0.3) is 0 Å². The molecule has 0 radical (unpaired) electrons. The Morgan fingerprint density at radius 1 is 1.55 bits per heavy atom. The van der Waals surface area contributed by atoms with E-state index in [0.29, 0.717) is 6.61 Å². The van der Waals surface area contributed by atoms with Crippen molar-refractivity contribution in [3.63, 3.8) is 0 Å². The maximum absolute atomic E-state index is 9.61. The molecule has 11 heavy (non-hydrogen) atoms. The lowest BCUT2D eigenvalue weighted by Gasteiger charge is -2.26. The standard InChI is InChI=1S/C8H17NO2/c1-7(2,10)6-5-11-8(3,4)9-6/h6,9-10H,5H2,1-4H3/t6-/m1/s1. The van der Waals surface area contributed by atoms with Gasteiger partial charge in [0.2, 0.25) is 0 Å². The minimum absolute atomic E-state index is 0.0394. The lowest BCUT2D eigenvalue weighted by atomic mass is 10.0. The van der Waals surface area contributed by atoms with Gasteiger partial charge in [0, 0.05) is 0 Å². The monoisotopic (exact) mass is 159 g/mol. The fourth-order valence-electron chi connectivity index (χ4n) is 1.18. The molecular weight excluding hydrogens is 142 g/mol. The summed E-state index contributed by atoms with van der Waals surface area (Å²) < 4.78 is 5.41. The van der Waals surface area contributed by atoms with Gasteiger partial charge in [-0.05, 0) is 27.7 Å². The summed E-state index contributed by atoms with van der Waals surface area (Å²) in [4.78, 5) is 0. The van der Waals surface area contributed by atoms with Gasteiger partial charge in [0.25, 0.3) is 0 Å². The van der Waals surface area contributed by atoms with E-state index >= 15 is 0 Å². The van der Waals surface area contributed by atoms with Crippen LogP contribution in [0.4, 0.5) is 0 Å². The van der Waals surface area contributed by atoms with E-state index < -0.39 is 5.60 Å². The molecule has 0 aliphatic carbocycles. The van der Waals surface area contributed by atoms with Crippen molar-refractivity contribution in [1.29, 1.82) is 0 Å². The Labute approximate surface area is 67.7 Å². The molecule has 0 bridgehead atoms. The minimum atomic E-state index is -0.701. The van der Waals surface area contributed by atoms with Crippen molar-refractivity contribution < 1.29 is 9.84 Å². The zero-order valence-corrected chi connectivity index (χ0v) is 7.64. The van der Waals surface area contributed by atoms with Crippen LogP contribution in [0.5, 0.6) is 0 Å². The Morgan fingerprint density at radius 3 is 2.27 bits per heavy atom. The summed E-state index contributed by atoms with van der Waals surface area (Å²) in [6.45, 7) is 8.07. The third-order valence-corrected chi connectivity index (χ3v) is 1.99. The average Bonchev–Trinajstić information content (AvgIpc) is 2.07. The molecule has 66 valence electrons. The number of rotatable bonds is 1. The van der Waals surface area contributed by atoms with Crippen molar-refractivity contribution in [2.24, 2.45) is 0 Å². The van der Waals surface area contributed by atoms with E-state index in [0.717, 1.165) is 0 Å². The van der Waals surface area contributed by atoms with Crippen LogP contribution in [0.2, 0.25) is 0 Å². The van der Waals surface area contributed by atoms with Crippen LogP contribution in [0.3, 0.4) is 0 Å². The molecule has 0 unspecified atom stereocenters. The third-order valence-electron chi connectivity index (χ3n) is 1.99. The zero-order valence-electron chi connectivity index (χ0n) is 7.64. The minimum Gasteiger partial charge on any atom is -0.389 e. The molecule has 1 atom stereocenters. The molecule has 0 saturated carbocycles. The molecule has 0 aromatic carbocycles. The fourth-order valence-corrected chi connectivity index (χ4v) is 1.18. The second-order valence-electron chi connectivity index (χ2n) is 4.17. The quantitative estimate of drug-likeness (QED) is 0.585. The maximum atomic E-state index is 9.61. The number of ether oxygens (including phenoxy) is 1. The Kier molecular flexibility index (Phi) is 1.99. The Balaban J connectivity index is 2.55. The predicted molar refractivity (Wildman–Crippen MR) is 43.3 cm³/mol. The predicted octanol–water partition coefficient (Wildman–Crippen LogP) is 0.482.